The number of amides is 3. The van der Waals surface area contributed by atoms with Gasteiger partial charge in [-0.2, -0.15) is 15.0 Å². The number of rotatable bonds is 4. The highest BCUT2D eigenvalue weighted by Crippen LogP contribution is 2.37. The Morgan fingerprint density at radius 3 is 2.31 bits per heavy atom. The summed E-state index contributed by atoms with van der Waals surface area (Å²) in [6, 6.07) is 7.23. The fourth-order valence-corrected chi connectivity index (χ4v) is 4.99. The van der Waals surface area contributed by atoms with Gasteiger partial charge in [0.05, 0.1) is 0 Å². The topological polar surface area (TPSA) is 109 Å². The maximum absolute atomic E-state index is 12.7. The summed E-state index contributed by atoms with van der Waals surface area (Å²) in [5.74, 6) is 0.375. The number of fused-ring (bicyclic) bond motifs is 3. The number of hydrogen-bond acceptors (Lipinski definition) is 5. The molecule has 3 amide bonds. The van der Waals surface area contributed by atoms with Gasteiger partial charge in [-0.25, -0.2) is 0 Å². The highest BCUT2D eigenvalue weighted by atomic mass is 16.2. The van der Waals surface area contributed by atoms with Crippen LogP contribution in [-0.4, -0.2) is 62.8 Å². The van der Waals surface area contributed by atoms with Crippen LogP contribution in [0.25, 0.3) is 11.0 Å². The Morgan fingerprint density at radius 1 is 1.07 bits per heavy atom. The summed E-state index contributed by atoms with van der Waals surface area (Å²) in [5.41, 5.74) is 1.54. The molecule has 0 spiro atoms. The Kier molecular flexibility index (Phi) is 4.44. The van der Waals surface area contributed by atoms with E-state index in [1.165, 1.54) is 4.80 Å². The van der Waals surface area contributed by atoms with Crippen LogP contribution >= 0.6 is 0 Å². The van der Waals surface area contributed by atoms with Crippen LogP contribution in [0.2, 0.25) is 0 Å². The first-order chi connectivity index (χ1) is 14.1. The molecule has 5 rings (SSSR count). The zero-order valence-electron chi connectivity index (χ0n) is 16.1. The van der Waals surface area contributed by atoms with Gasteiger partial charge in [-0.1, -0.05) is 12.1 Å². The predicted molar refractivity (Wildman–Crippen MR) is 103 cm³/mol. The quantitative estimate of drug-likeness (QED) is 0.760. The van der Waals surface area contributed by atoms with E-state index in [9.17, 15) is 14.4 Å². The molecule has 9 heteroatoms. The van der Waals surface area contributed by atoms with Gasteiger partial charge < -0.3 is 15.5 Å². The molecule has 2 aliphatic heterocycles. The Labute approximate surface area is 167 Å². The van der Waals surface area contributed by atoms with Gasteiger partial charge in [0, 0.05) is 25.6 Å². The van der Waals surface area contributed by atoms with Crippen LogP contribution in [0.5, 0.6) is 0 Å². The molecule has 152 valence electrons. The van der Waals surface area contributed by atoms with Crippen molar-refractivity contribution in [2.24, 2.45) is 11.8 Å². The Hall–Kier alpha value is -2.97. The van der Waals surface area contributed by atoms with Gasteiger partial charge in [-0.3, -0.25) is 14.4 Å². The minimum absolute atomic E-state index is 0.0185. The summed E-state index contributed by atoms with van der Waals surface area (Å²) in [5, 5.41) is 14.6. The molecule has 0 radical (unpaired) electrons. The van der Waals surface area contributed by atoms with E-state index in [-0.39, 0.29) is 48.2 Å². The van der Waals surface area contributed by atoms with Crippen LogP contribution in [0.4, 0.5) is 0 Å². The lowest BCUT2D eigenvalue weighted by atomic mass is 9.91. The fourth-order valence-electron chi connectivity index (χ4n) is 4.99. The SMILES string of the molecule is O=C1CCC(C(=O)N2C[C@H]3CC[C@@H](C2)C3NC(=O)Cn2nc3ccccc3n2)N1. The van der Waals surface area contributed by atoms with Gasteiger partial charge in [0.2, 0.25) is 17.7 Å². The van der Waals surface area contributed by atoms with Gasteiger partial charge in [0.15, 0.2) is 0 Å². The van der Waals surface area contributed by atoms with E-state index < -0.39 is 0 Å². The van der Waals surface area contributed by atoms with Crippen molar-refractivity contribution >= 4 is 28.8 Å². The van der Waals surface area contributed by atoms with Crippen LogP contribution in [0, 0.1) is 11.8 Å². The lowest BCUT2D eigenvalue weighted by Crippen LogP contribution is -2.57. The van der Waals surface area contributed by atoms with Crippen molar-refractivity contribution in [3.63, 3.8) is 0 Å². The lowest BCUT2D eigenvalue weighted by molar-refractivity contribution is -0.137. The molecular formula is C20H24N6O3. The van der Waals surface area contributed by atoms with Gasteiger partial charge in [-0.05, 0) is 43.2 Å². The minimum atomic E-state index is -0.381. The zero-order valence-corrected chi connectivity index (χ0v) is 16.1. The van der Waals surface area contributed by atoms with E-state index in [2.05, 4.69) is 20.8 Å². The second kappa shape index (κ2) is 7.13. The molecule has 1 aromatic carbocycles. The molecule has 2 bridgehead atoms. The van der Waals surface area contributed by atoms with E-state index in [1.807, 2.05) is 29.2 Å². The van der Waals surface area contributed by atoms with Crippen molar-refractivity contribution in [1.29, 1.82) is 0 Å². The zero-order chi connectivity index (χ0) is 20.0. The van der Waals surface area contributed by atoms with Crippen LogP contribution in [-0.2, 0) is 20.9 Å². The molecular weight excluding hydrogens is 372 g/mol. The molecule has 2 saturated heterocycles. The molecule has 9 nitrogen and oxygen atoms in total. The summed E-state index contributed by atoms with van der Waals surface area (Å²) in [7, 11) is 0. The molecule has 2 unspecified atom stereocenters. The standard InChI is InChI=1S/C20H24N6O3/c27-17-8-7-16(21-17)20(29)25-9-12-5-6-13(10-25)19(12)22-18(28)11-26-23-14-3-1-2-4-15(14)24-26/h1-4,12-13,16,19H,5-11H2,(H,21,27)(H,22,28)/t12-,13+,16?,19?. The molecule has 2 aromatic rings. The van der Waals surface area contributed by atoms with E-state index in [1.54, 1.807) is 0 Å². The van der Waals surface area contributed by atoms with Crippen molar-refractivity contribution in [2.75, 3.05) is 13.1 Å². The third-order valence-corrected chi connectivity index (χ3v) is 6.38. The molecule has 1 aliphatic carbocycles. The third kappa shape index (κ3) is 3.45. The molecule has 4 atom stereocenters. The number of nitrogens with one attached hydrogen (secondary N) is 2. The van der Waals surface area contributed by atoms with Gasteiger partial charge >= 0.3 is 0 Å². The number of likely N-dealkylation sites (tertiary alicyclic amines) is 1. The average molecular weight is 396 g/mol. The van der Waals surface area contributed by atoms with Crippen molar-refractivity contribution in [1.82, 2.24) is 30.5 Å². The largest absolute Gasteiger partial charge is 0.351 e. The van der Waals surface area contributed by atoms with Crippen LogP contribution in [0.3, 0.4) is 0 Å². The first-order valence-electron chi connectivity index (χ1n) is 10.2. The van der Waals surface area contributed by atoms with Crippen LogP contribution in [0.15, 0.2) is 24.3 Å². The number of nitrogens with zero attached hydrogens (tertiary/aromatic N) is 4. The maximum atomic E-state index is 12.7. The van der Waals surface area contributed by atoms with Crippen molar-refractivity contribution in [3.05, 3.63) is 24.3 Å². The van der Waals surface area contributed by atoms with E-state index in [4.69, 9.17) is 0 Å². The van der Waals surface area contributed by atoms with Crippen molar-refractivity contribution in [2.45, 2.75) is 44.3 Å². The van der Waals surface area contributed by atoms with E-state index >= 15 is 0 Å². The summed E-state index contributed by atoms with van der Waals surface area (Å²) < 4.78 is 0. The van der Waals surface area contributed by atoms with Gasteiger partial charge in [-0.15, -0.1) is 0 Å². The number of piperidine rings is 1. The summed E-state index contributed by atoms with van der Waals surface area (Å²) in [4.78, 5) is 40.1. The first-order valence-corrected chi connectivity index (χ1v) is 10.2. The van der Waals surface area contributed by atoms with Crippen molar-refractivity contribution in [3.8, 4) is 0 Å². The highest BCUT2D eigenvalue weighted by Gasteiger charge is 2.45. The van der Waals surface area contributed by atoms with E-state index in [0.29, 0.717) is 25.9 Å². The Balaban J connectivity index is 1.20. The monoisotopic (exact) mass is 396 g/mol. The number of hydrogen-bond donors (Lipinski definition) is 2. The lowest BCUT2D eigenvalue weighted by Gasteiger charge is -2.39. The molecule has 3 aliphatic rings. The predicted octanol–water partition coefficient (Wildman–Crippen LogP) is 0.0631. The molecule has 1 aromatic heterocycles. The average Bonchev–Trinajstić information content (AvgIpc) is 3.36. The molecule has 1 saturated carbocycles. The minimum Gasteiger partial charge on any atom is -0.351 e. The summed E-state index contributed by atoms with van der Waals surface area (Å²) in [6.07, 6.45) is 3.00. The number of carbonyl (C=O) groups is 3. The second-order valence-electron chi connectivity index (χ2n) is 8.31. The van der Waals surface area contributed by atoms with Gasteiger partial charge in [0.1, 0.15) is 23.6 Å². The number of aromatic nitrogens is 3. The number of carbonyl (C=O) groups excluding carboxylic acids is 3. The third-order valence-electron chi connectivity index (χ3n) is 6.38. The number of benzene rings is 1. The normalized spacial score (nSPS) is 28.6. The molecule has 3 fully saturated rings. The Bertz CT molecular complexity index is 925. The smallest absolute Gasteiger partial charge is 0.245 e. The van der Waals surface area contributed by atoms with Crippen LogP contribution < -0.4 is 10.6 Å². The second-order valence-corrected chi connectivity index (χ2v) is 8.31. The summed E-state index contributed by atoms with van der Waals surface area (Å²) in [6.45, 7) is 1.36. The first kappa shape index (κ1) is 18.1. The highest BCUT2D eigenvalue weighted by molar-refractivity contribution is 5.91. The molecule has 3 heterocycles. The van der Waals surface area contributed by atoms with E-state index in [0.717, 1.165) is 23.9 Å². The fraction of sp³-hybridized carbons (Fsp3) is 0.550. The summed E-state index contributed by atoms with van der Waals surface area (Å²) >= 11 is 0. The maximum Gasteiger partial charge on any atom is 0.245 e. The molecule has 29 heavy (non-hydrogen) atoms. The van der Waals surface area contributed by atoms with Crippen molar-refractivity contribution < 1.29 is 14.4 Å². The Morgan fingerprint density at radius 2 is 1.72 bits per heavy atom. The van der Waals surface area contributed by atoms with Crippen LogP contribution in [0.1, 0.15) is 25.7 Å². The molecule has 2 N–H and O–H groups in total. The van der Waals surface area contributed by atoms with Gasteiger partial charge in [0.25, 0.3) is 0 Å².